The van der Waals surface area contributed by atoms with Crippen LogP contribution in [-0.2, 0) is 0 Å². The molecular weight excluding hydrogens is 461 g/mol. The Kier molecular flexibility index (Phi) is 6.07. The van der Waals surface area contributed by atoms with Gasteiger partial charge in [-0.15, -0.1) is 0 Å². The van der Waals surface area contributed by atoms with Crippen LogP contribution in [0.3, 0.4) is 0 Å². The third kappa shape index (κ3) is 4.13. The number of amides is 1. The van der Waals surface area contributed by atoms with Crippen molar-refractivity contribution in [2.75, 3.05) is 19.0 Å². The second-order valence-corrected chi connectivity index (χ2v) is 6.46. The minimum atomic E-state index is -0.193. The molecule has 0 aliphatic carbocycles. The van der Waals surface area contributed by atoms with E-state index in [2.05, 4.69) is 43.8 Å². The standard InChI is InChI=1S/C16H15BrINO3/c1-3-22-15-13(18)8-10(9-14(15)21-2)16(20)19-12-6-4-11(17)5-7-12/h4-9H,3H2,1-2H3,(H,19,20). The van der Waals surface area contributed by atoms with E-state index in [4.69, 9.17) is 9.47 Å². The molecule has 2 rings (SSSR count). The molecule has 0 fully saturated rings. The largest absolute Gasteiger partial charge is 0.493 e. The fourth-order valence-corrected chi connectivity index (χ4v) is 2.89. The van der Waals surface area contributed by atoms with Gasteiger partial charge in [0.2, 0.25) is 0 Å². The van der Waals surface area contributed by atoms with Crippen molar-refractivity contribution in [1.29, 1.82) is 0 Å². The summed E-state index contributed by atoms with van der Waals surface area (Å²) in [6.07, 6.45) is 0. The van der Waals surface area contributed by atoms with Crippen LogP contribution < -0.4 is 14.8 Å². The molecule has 0 saturated carbocycles. The minimum absolute atomic E-state index is 0.193. The van der Waals surface area contributed by atoms with Crippen LogP contribution in [-0.4, -0.2) is 19.6 Å². The summed E-state index contributed by atoms with van der Waals surface area (Å²) in [7, 11) is 1.56. The van der Waals surface area contributed by atoms with Crippen LogP contribution in [0.1, 0.15) is 17.3 Å². The minimum Gasteiger partial charge on any atom is -0.493 e. The second-order valence-electron chi connectivity index (χ2n) is 4.38. The Morgan fingerprint density at radius 1 is 1.27 bits per heavy atom. The van der Waals surface area contributed by atoms with Gasteiger partial charge in [-0.1, -0.05) is 15.9 Å². The highest BCUT2D eigenvalue weighted by Crippen LogP contribution is 2.34. The van der Waals surface area contributed by atoms with Crippen molar-refractivity contribution in [1.82, 2.24) is 0 Å². The van der Waals surface area contributed by atoms with E-state index in [1.807, 2.05) is 31.2 Å². The number of carbonyl (C=O) groups is 1. The summed E-state index contributed by atoms with van der Waals surface area (Å²) < 4.78 is 12.7. The van der Waals surface area contributed by atoms with Crippen molar-refractivity contribution in [3.8, 4) is 11.5 Å². The first-order valence-electron chi connectivity index (χ1n) is 6.62. The SMILES string of the molecule is CCOc1c(I)cc(C(=O)Nc2ccc(Br)cc2)cc1OC. The molecule has 0 aliphatic heterocycles. The van der Waals surface area contributed by atoms with Crippen molar-refractivity contribution in [2.24, 2.45) is 0 Å². The van der Waals surface area contributed by atoms with Crippen molar-refractivity contribution in [2.45, 2.75) is 6.92 Å². The summed E-state index contributed by atoms with van der Waals surface area (Å²) in [5.74, 6) is 1.02. The highest BCUT2D eigenvalue weighted by molar-refractivity contribution is 14.1. The fraction of sp³-hybridized carbons (Fsp3) is 0.188. The lowest BCUT2D eigenvalue weighted by atomic mass is 10.2. The third-order valence-electron chi connectivity index (χ3n) is 2.88. The molecule has 1 N–H and O–H groups in total. The van der Waals surface area contributed by atoms with Crippen LogP contribution in [0.2, 0.25) is 0 Å². The molecule has 0 radical (unpaired) electrons. The second kappa shape index (κ2) is 7.82. The summed E-state index contributed by atoms with van der Waals surface area (Å²) in [6, 6.07) is 10.9. The molecule has 6 heteroatoms. The summed E-state index contributed by atoms with van der Waals surface area (Å²) in [4.78, 5) is 12.4. The van der Waals surface area contributed by atoms with Gasteiger partial charge in [-0.25, -0.2) is 0 Å². The van der Waals surface area contributed by atoms with E-state index in [1.165, 1.54) is 0 Å². The van der Waals surface area contributed by atoms with Crippen LogP contribution in [0, 0.1) is 3.57 Å². The molecule has 0 heterocycles. The van der Waals surface area contributed by atoms with Gasteiger partial charge < -0.3 is 14.8 Å². The number of rotatable bonds is 5. The number of nitrogens with one attached hydrogen (secondary N) is 1. The Hall–Kier alpha value is -1.28. The number of benzene rings is 2. The van der Waals surface area contributed by atoms with E-state index in [-0.39, 0.29) is 5.91 Å². The molecular formula is C16H15BrINO3. The molecule has 0 unspecified atom stereocenters. The molecule has 2 aromatic carbocycles. The topological polar surface area (TPSA) is 47.6 Å². The van der Waals surface area contributed by atoms with Crippen LogP contribution >= 0.6 is 38.5 Å². The molecule has 22 heavy (non-hydrogen) atoms. The van der Waals surface area contributed by atoms with Crippen LogP contribution in [0.25, 0.3) is 0 Å². The lowest BCUT2D eigenvalue weighted by molar-refractivity contribution is 0.102. The van der Waals surface area contributed by atoms with E-state index in [0.29, 0.717) is 23.7 Å². The average Bonchev–Trinajstić information content (AvgIpc) is 2.51. The Morgan fingerprint density at radius 2 is 1.95 bits per heavy atom. The highest BCUT2D eigenvalue weighted by atomic mass is 127. The molecule has 0 aliphatic rings. The Labute approximate surface area is 151 Å². The summed E-state index contributed by atoms with van der Waals surface area (Å²) in [5.41, 5.74) is 1.25. The van der Waals surface area contributed by atoms with Gasteiger partial charge in [-0.05, 0) is 65.9 Å². The zero-order valence-corrected chi connectivity index (χ0v) is 15.9. The zero-order valence-electron chi connectivity index (χ0n) is 12.2. The van der Waals surface area contributed by atoms with Gasteiger partial charge in [-0.3, -0.25) is 4.79 Å². The smallest absolute Gasteiger partial charge is 0.255 e. The number of halogens is 2. The van der Waals surface area contributed by atoms with E-state index in [1.54, 1.807) is 19.2 Å². The van der Waals surface area contributed by atoms with Gasteiger partial charge in [0.25, 0.3) is 5.91 Å². The first kappa shape index (κ1) is 17.1. The zero-order chi connectivity index (χ0) is 16.1. The molecule has 0 spiro atoms. The Balaban J connectivity index is 2.26. The van der Waals surface area contributed by atoms with Gasteiger partial charge in [0.1, 0.15) is 0 Å². The van der Waals surface area contributed by atoms with Crippen LogP contribution in [0.15, 0.2) is 40.9 Å². The van der Waals surface area contributed by atoms with Gasteiger partial charge in [0, 0.05) is 15.7 Å². The predicted molar refractivity (Wildman–Crippen MR) is 99.0 cm³/mol. The monoisotopic (exact) mass is 475 g/mol. The molecule has 1 amide bonds. The first-order valence-corrected chi connectivity index (χ1v) is 8.49. The molecule has 0 bridgehead atoms. The van der Waals surface area contributed by atoms with Gasteiger partial charge in [0.05, 0.1) is 17.3 Å². The maximum atomic E-state index is 12.4. The van der Waals surface area contributed by atoms with Crippen molar-refractivity contribution < 1.29 is 14.3 Å². The molecule has 0 aromatic heterocycles. The number of methoxy groups -OCH3 is 1. The van der Waals surface area contributed by atoms with Gasteiger partial charge in [0.15, 0.2) is 11.5 Å². The fourth-order valence-electron chi connectivity index (χ4n) is 1.87. The van der Waals surface area contributed by atoms with E-state index in [9.17, 15) is 4.79 Å². The van der Waals surface area contributed by atoms with E-state index in [0.717, 1.165) is 13.7 Å². The number of carbonyl (C=O) groups excluding carboxylic acids is 1. The number of ether oxygens (including phenoxy) is 2. The van der Waals surface area contributed by atoms with Crippen molar-refractivity contribution in [3.63, 3.8) is 0 Å². The van der Waals surface area contributed by atoms with Crippen LogP contribution in [0.5, 0.6) is 11.5 Å². The predicted octanol–water partition coefficient (Wildman–Crippen LogP) is 4.71. The molecule has 0 saturated heterocycles. The third-order valence-corrected chi connectivity index (χ3v) is 4.21. The lowest BCUT2D eigenvalue weighted by Gasteiger charge is -2.13. The summed E-state index contributed by atoms with van der Waals surface area (Å²) in [5, 5.41) is 2.86. The quantitative estimate of drug-likeness (QED) is 0.637. The highest BCUT2D eigenvalue weighted by Gasteiger charge is 2.15. The van der Waals surface area contributed by atoms with Crippen molar-refractivity contribution in [3.05, 3.63) is 50.0 Å². The Morgan fingerprint density at radius 3 is 2.55 bits per heavy atom. The average molecular weight is 476 g/mol. The Bertz CT molecular complexity index is 674. The summed E-state index contributed by atoms with van der Waals surface area (Å²) >= 11 is 5.50. The van der Waals surface area contributed by atoms with Gasteiger partial charge in [-0.2, -0.15) is 0 Å². The molecule has 2 aromatic rings. The number of anilines is 1. The summed E-state index contributed by atoms with van der Waals surface area (Å²) in [6.45, 7) is 2.44. The lowest BCUT2D eigenvalue weighted by Crippen LogP contribution is -2.12. The number of hydrogen-bond acceptors (Lipinski definition) is 3. The molecule has 116 valence electrons. The number of hydrogen-bond donors (Lipinski definition) is 1. The normalized spacial score (nSPS) is 10.2. The molecule has 4 nitrogen and oxygen atoms in total. The van der Waals surface area contributed by atoms with Crippen LogP contribution in [0.4, 0.5) is 5.69 Å². The first-order chi connectivity index (χ1) is 10.5. The maximum Gasteiger partial charge on any atom is 0.255 e. The molecule has 0 atom stereocenters. The van der Waals surface area contributed by atoms with Gasteiger partial charge >= 0.3 is 0 Å². The van der Waals surface area contributed by atoms with Crippen molar-refractivity contribution >= 4 is 50.1 Å². The van der Waals surface area contributed by atoms with E-state index < -0.39 is 0 Å². The van der Waals surface area contributed by atoms with E-state index >= 15 is 0 Å². The maximum absolute atomic E-state index is 12.4.